The van der Waals surface area contributed by atoms with E-state index in [2.05, 4.69) is 40.2 Å². The molecule has 4 N–H and O–H groups in total. The third-order valence-electron chi connectivity index (χ3n) is 6.90. The summed E-state index contributed by atoms with van der Waals surface area (Å²) in [5, 5.41) is 11.9. The Morgan fingerprint density at radius 1 is 0.930 bits per heavy atom. The Morgan fingerprint density at radius 3 is 2.51 bits per heavy atom. The van der Waals surface area contributed by atoms with Crippen LogP contribution in [-0.4, -0.2) is 50.7 Å². The summed E-state index contributed by atoms with van der Waals surface area (Å²) in [6.07, 6.45) is 9.37. The summed E-state index contributed by atoms with van der Waals surface area (Å²) >= 11 is 0. The first-order valence-corrected chi connectivity index (χ1v) is 15.2. The van der Waals surface area contributed by atoms with Crippen molar-refractivity contribution in [3.05, 3.63) is 78.8 Å². The number of hydrogen-bond acceptors (Lipinski definition) is 7. The number of rotatable bonds is 8. The van der Waals surface area contributed by atoms with E-state index in [-0.39, 0.29) is 18.4 Å². The number of halogens is 1. The van der Waals surface area contributed by atoms with Crippen LogP contribution in [0, 0.1) is 11.7 Å². The van der Waals surface area contributed by atoms with E-state index in [0.717, 1.165) is 39.4 Å². The van der Waals surface area contributed by atoms with Crippen LogP contribution in [0.5, 0.6) is 0 Å². The van der Waals surface area contributed by atoms with Gasteiger partial charge < -0.3 is 10.3 Å². The second kappa shape index (κ2) is 11.0. The van der Waals surface area contributed by atoms with E-state index in [9.17, 15) is 17.6 Å². The number of nitrogens with zero attached hydrogens (tertiary/aromatic N) is 4. The van der Waals surface area contributed by atoms with Crippen LogP contribution in [0.3, 0.4) is 0 Å². The molecule has 218 valence electrons. The molecular weight excluding hydrogens is 571 g/mol. The lowest BCUT2D eigenvalue weighted by atomic mass is 10.0. The van der Waals surface area contributed by atoms with Crippen molar-refractivity contribution in [1.82, 2.24) is 34.9 Å². The zero-order chi connectivity index (χ0) is 30.3. The molecule has 6 aromatic rings. The minimum Gasteiger partial charge on any atom is -0.352 e. The van der Waals surface area contributed by atoms with Crippen LogP contribution >= 0.6 is 0 Å². The summed E-state index contributed by atoms with van der Waals surface area (Å²) in [4.78, 5) is 28.7. The minimum atomic E-state index is -3.44. The maximum absolute atomic E-state index is 14.6. The molecule has 43 heavy (non-hydrogen) atoms. The number of aromatic amines is 2. The van der Waals surface area contributed by atoms with Gasteiger partial charge in [-0.1, -0.05) is 13.8 Å². The molecule has 0 aliphatic carbocycles. The maximum Gasteiger partial charge on any atom is 0.226 e. The highest BCUT2D eigenvalue weighted by molar-refractivity contribution is 7.88. The van der Waals surface area contributed by atoms with Gasteiger partial charge in [0.15, 0.2) is 5.65 Å². The average Bonchev–Trinajstić information content (AvgIpc) is 3.59. The summed E-state index contributed by atoms with van der Waals surface area (Å²) in [6.45, 7) is 3.61. The van der Waals surface area contributed by atoms with Gasteiger partial charge in [-0.2, -0.15) is 5.10 Å². The Labute approximate surface area is 246 Å². The first-order valence-electron chi connectivity index (χ1n) is 13.4. The minimum absolute atomic E-state index is 0.0383. The topological polar surface area (TPSA) is 158 Å². The standard InChI is InChI=1S/C30H27FN8O3S/c1-16(2)30(40)36-22-7-19(11-32-13-22)20-8-24-28(38-39-29(24)34-12-20)26-9-23-25(14-33-15-27(23)37-26)18-4-17(5-21(31)6-18)10-35-43(3,41)42/h4-9,11-16,35,37H,10H2,1-3H3,(H,36,40)(H,34,38,39). The SMILES string of the molecule is CC(C)C(=O)Nc1cncc(-c2cnc3n[nH]c(-c4cc5c(-c6cc(F)cc(CNS(C)(=O)=O)c6)cncc5[nH]4)c3c2)c1. The molecule has 0 radical (unpaired) electrons. The number of carbonyl (C=O) groups is 1. The molecule has 0 saturated heterocycles. The number of sulfonamides is 1. The van der Waals surface area contributed by atoms with Gasteiger partial charge in [0.05, 0.1) is 41.2 Å². The highest BCUT2D eigenvalue weighted by Gasteiger charge is 2.16. The van der Waals surface area contributed by atoms with Crippen LogP contribution in [0.25, 0.3) is 55.6 Å². The Kier molecular flexibility index (Phi) is 7.20. The van der Waals surface area contributed by atoms with Crippen molar-refractivity contribution in [2.24, 2.45) is 5.92 Å². The van der Waals surface area contributed by atoms with E-state index in [1.165, 1.54) is 12.1 Å². The Balaban J connectivity index is 1.38. The van der Waals surface area contributed by atoms with Crippen molar-refractivity contribution in [1.29, 1.82) is 0 Å². The quantitative estimate of drug-likeness (QED) is 0.192. The lowest BCUT2D eigenvalue weighted by Gasteiger charge is -2.09. The fourth-order valence-corrected chi connectivity index (χ4v) is 5.18. The van der Waals surface area contributed by atoms with E-state index in [1.54, 1.807) is 37.1 Å². The predicted molar refractivity (Wildman–Crippen MR) is 163 cm³/mol. The van der Waals surface area contributed by atoms with Crippen LogP contribution in [0.15, 0.2) is 67.4 Å². The molecule has 11 nitrogen and oxygen atoms in total. The molecule has 0 aliphatic heterocycles. The molecule has 0 fully saturated rings. The molecule has 0 bridgehead atoms. The summed E-state index contributed by atoms with van der Waals surface area (Å²) < 4.78 is 40.1. The van der Waals surface area contributed by atoms with Crippen LogP contribution in [0.1, 0.15) is 19.4 Å². The Hall–Kier alpha value is -5.01. The zero-order valence-electron chi connectivity index (χ0n) is 23.4. The largest absolute Gasteiger partial charge is 0.352 e. The van der Waals surface area contributed by atoms with E-state index < -0.39 is 15.8 Å². The van der Waals surface area contributed by atoms with Crippen molar-refractivity contribution in [2.45, 2.75) is 20.4 Å². The number of nitrogens with one attached hydrogen (secondary N) is 4. The first kappa shape index (κ1) is 28.1. The molecule has 1 aromatic carbocycles. The molecule has 0 saturated carbocycles. The number of carbonyl (C=O) groups excluding carboxylic acids is 1. The van der Waals surface area contributed by atoms with E-state index in [4.69, 9.17) is 0 Å². The summed E-state index contributed by atoms with van der Waals surface area (Å²) in [5.74, 6) is -0.754. The highest BCUT2D eigenvalue weighted by atomic mass is 32.2. The van der Waals surface area contributed by atoms with Crippen molar-refractivity contribution in [2.75, 3.05) is 11.6 Å². The van der Waals surface area contributed by atoms with Crippen LogP contribution < -0.4 is 10.0 Å². The fourth-order valence-electron chi connectivity index (χ4n) is 4.75. The van der Waals surface area contributed by atoms with E-state index in [1.807, 2.05) is 32.0 Å². The number of fused-ring (bicyclic) bond motifs is 2. The van der Waals surface area contributed by atoms with E-state index >= 15 is 0 Å². The second-order valence-corrected chi connectivity index (χ2v) is 12.4. The number of pyridine rings is 3. The lowest BCUT2D eigenvalue weighted by Crippen LogP contribution is -2.21. The third kappa shape index (κ3) is 5.98. The fraction of sp³-hybridized carbons (Fsp3) is 0.167. The first-order chi connectivity index (χ1) is 20.5. The van der Waals surface area contributed by atoms with Crippen molar-refractivity contribution >= 4 is 43.6 Å². The summed E-state index contributed by atoms with van der Waals surface area (Å²) in [5.41, 5.74) is 6.52. The second-order valence-electron chi connectivity index (χ2n) is 10.6. The number of anilines is 1. The van der Waals surface area contributed by atoms with Gasteiger partial charge in [0.2, 0.25) is 15.9 Å². The zero-order valence-corrected chi connectivity index (χ0v) is 24.3. The maximum atomic E-state index is 14.6. The molecule has 0 spiro atoms. The normalized spacial score (nSPS) is 11.9. The number of benzene rings is 1. The van der Waals surface area contributed by atoms with Gasteiger partial charge in [-0.15, -0.1) is 0 Å². The third-order valence-corrected chi connectivity index (χ3v) is 7.56. The van der Waals surface area contributed by atoms with Crippen molar-refractivity contribution in [3.63, 3.8) is 0 Å². The summed E-state index contributed by atoms with van der Waals surface area (Å²) in [6, 6.07) is 10.1. The van der Waals surface area contributed by atoms with Gasteiger partial charge in [0, 0.05) is 58.5 Å². The van der Waals surface area contributed by atoms with Gasteiger partial charge in [-0.25, -0.2) is 22.5 Å². The summed E-state index contributed by atoms with van der Waals surface area (Å²) in [7, 11) is -3.44. The van der Waals surface area contributed by atoms with Gasteiger partial charge in [0.25, 0.3) is 0 Å². The predicted octanol–water partition coefficient (Wildman–Crippen LogP) is 5.01. The number of aromatic nitrogens is 6. The molecular formula is C30H27FN8O3S. The number of hydrogen-bond donors (Lipinski definition) is 4. The number of H-pyrrole nitrogens is 2. The van der Waals surface area contributed by atoms with Gasteiger partial charge in [0.1, 0.15) is 5.82 Å². The monoisotopic (exact) mass is 598 g/mol. The average molecular weight is 599 g/mol. The van der Waals surface area contributed by atoms with Gasteiger partial charge in [-0.05, 0) is 47.5 Å². The lowest BCUT2D eigenvalue weighted by molar-refractivity contribution is -0.118. The van der Waals surface area contributed by atoms with Gasteiger partial charge >= 0.3 is 0 Å². The van der Waals surface area contributed by atoms with E-state index in [0.29, 0.717) is 33.7 Å². The molecule has 1 amide bonds. The molecule has 5 aromatic heterocycles. The molecule has 5 heterocycles. The van der Waals surface area contributed by atoms with Crippen LogP contribution in [0.2, 0.25) is 0 Å². The van der Waals surface area contributed by atoms with Crippen LogP contribution in [-0.2, 0) is 21.4 Å². The Bertz CT molecular complexity index is 2120. The number of amides is 1. The molecule has 0 unspecified atom stereocenters. The Morgan fingerprint density at radius 2 is 1.72 bits per heavy atom. The van der Waals surface area contributed by atoms with Crippen molar-refractivity contribution < 1.29 is 17.6 Å². The molecule has 0 atom stereocenters. The molecule has 13 heteroatoms. The van der Waals surface area contributed by atoms with Crippen molar-refractivity contribution in [3.8, 4) is 33.6 Å². The smallest absolute Gasteiger partial charge is 0.226 e. The highest BCUT2D eigenvalue weighted by Crippen LogP contribution is 2.35. The molecule has 0 aliphatic rings. The molecule has 6 rings (SSSR count). The van der Waals surface area contributed by atoms with Gasteiger partial charge in [-0.3, -0.25) is 19.9 Å². The van der Waals surface area contributed by atoms with Crippen LogP contribution in [0.4, 0.5) is 10.1 Å².